The molecule has 4 heterocycles. The number of benzene rings is 1. The van der Waals surface area contributed by atoms with Gasteiger partial charge in [0.2, 0.25) is 5.95 Å². The van der Waals surface area contributed by atoms with Crippen molar-refractivity contribution in [2.24, 2.45) is 5.73 Å². The first kappa shape index (κ1) is 18.0. The number of morpholine rings is 1. The van der Waals surface area contributed by atoms with Crippen LogP contribution in [0.25, 0.3) is 11.3 Å². The molecule has 7 heteroatoms. The van der Waals surface area contributed by atoms with Crippen LogP contribution < -0.4 is 15.5 Å². The summed E-state index contributed by atoms with van der Waals surface area (Å²) < 4.78 is 5.52. The lowest BCUT2D eigenvalue weighted by Gasteiger charge is -2.28. The van der Waals surface area contributed by atoms with Gasteiger partial charge in [-0.05, 0) is 30.2 Å². The Morgan fingerprint density at radius 1 is 1.00 bits per heavy atom. The SMILES string of the molecule is NCc1cccc(-c2nc(N3CCOCC3)nc3c2CCN3c2ccncc2)c1. The largest absolute Gasteiger partial charge is 0.378 e. The van der Waals surface area contributed by atoms with Gasteiger partial charge in [0.05, 0.1) is 18.9 Å². The summed E-state index contributed by atoms with van der Waals surface area (Å²) in [6, 6.07) is 12.4. The lowest BCUT2D eigenvalue weighted by molar-refractivity contribution is 0.122. The average molecular weight is 388 g/mol. The third-order valence-electron chi connectivity index (χ3n) is 5.52. The highest BCUT2D eigenvalue weighted by atomic mass is 16.5. The molecule has 0 saturated carbocycles. The number of nitrogens with zero attached hydrogens (tertiary/aromatic N) is 5. The Labute approximate surface area is 170 Å². The molecule has 0 bridgehead atoms. The van der Waals surface area contributed by atoms with E-state index >= 15 is 0 Å². The van der Waals surface area contributed by atoms with E-state index < -0.39 is 0 Å². The molecule has 5 rings (SSSR count). The van der Waals surface area contributed by atoms with Gasteiger partial charge >= 0.3 is 0 Å². The van der Waals surface area contributed by atoms with E-state index in [0.29, 0.717) is 19.8 Å². The molecule has 1 saturated heterocycles. The fourth-order valence-electron chi connectivity index (χ4n) is 4.01. The molecule has 2 aliphatic rings. The first-order chi connectivity index (χ1) is 14.3. The van der Waals surface area contributed by atoms with Crippen LogP contribution in [-0.4, -0.2) is 47.8 Å². The number of hydrogen-bond donors (Lipinski definition) is 1. The van der Waals surface area contributed by atoms with E-state index in [1.165, 1.54) is 5.56 Å². The number of fused-ring (bicyclic) bond motifs is 1. The molecule has 0 spiro atoms. The Balaban J connectivity index is 1.65. The Morgan fingerprint density at radius 2 is 1.83 bits per heavy atom. The van der Waals surface area contributed by atoms with Crippen LogP contribution in [0.3, 0.4) is 0 Å². The Morgan fingerprint density at radius 3 is 2.62 bits per heavy atom. The summed E-state index contributed by atoms with van der Waals surface area (Å²) in [4.78, 5) is 18.7. The van der Waals surface area contributed by atoms with Crippen LogP contribution >= 0.6 is 0 Å². The van der Waals surface area contributed by atoms with Gasteiger partial charge in [-0.1, -0.05) is 18.2 Å². The van der Waals surface area contributed by atoms with Crippen molar-refractivity contribution in [3.8, 4) is 11.3 Å². The smallest absolute Gasteiger partial charge is 0.228 e. The maximum absolute atomic E-state index is 5.89. The lowest BCUT2D eigenvalue weighted by Crippen LogP contribution is -2.37. The molecule has 0 aliphatic carbocycles. The van der Waals surface area contributed by atoms with Crippen LogP contribution in [0, 0.1) is 0 Å². The summed E-state index contributed by atoms with van der Waals surface area (Å²) in [6.07, 6.45) is 4.55. The number of pyridine rings is 1. The Kier molecular flexibility index (Phi) is 4.83. The number of ether oxygens (including phenoxy) is 1. The van der Waals surface area contributed by atoms with Crippen LogP contribution in [0.4, 0.5) is 17.5 Å². The Bertz CT molecular complexity index is 1000. The topological polar surface area (TPSA) is 80.4 Å². The van der Waals surface area contributed by atoms with Gasteiger partial charge in [-0.2, -0.15) is 4.98 Å². The van der Waals surface area contributed by atoms with E-state index in [9.17, 15) is 0 Å². The third-order valence-corrected chi connectivity index (χ3v) is 5.52. The highest BCUT2D eigenvalue weighted by molar-refractivity contribution is 5.77. The molecule has 0 unspecified atom stereocenters. The maximum Gasteiger partial charge on any atom is 0.228 e. The predicted molar refractivity (Wildman–Crippen MR) is 113 cm³/mol. The quantitative estimate of drug-likeness (QED) is 0.736. The molecule has 29 heavy (non-hydrogen) atoms. The second-order valence-corrected chi connectivity index (χ2v) is 7.29. The van der Waals surface area contributed by atoms with Crippen molar-refractivity contribution >= 4 is 17.5 Å². The molecule has 1 aromatic carbocycles. The zero-order valence-electron chi connectivity index (χ0n) is 16.3. The van der Waals surface area contributed by atoms with Crippen LogP contribution in [-0.2, 0) is 17.7 Å². The number of rotatable bonds is 4. The number of nitrogens with two attached hydrogens (primary N) is 1. The van der Waals surface area contributed by atoms with Gasteiger partial charge in [0.25, 0.3) is 0 Å². The minimum absolute atomic E-state index is 0.514. The first-order valence-corrected chi connectivity index (χ1v) is 10.0. The molecule has 2 aliphatic heterocycles. The van der Waals surface area contributed by atoms with E-state index in [1.54, 1.807) is 0 Å². The third kappa shape index (κ3) is 3.43. The summed E-state index contributed by atoms with van der Waals surface area (Å²) in [6.45, 7) is 4.40. The average Bonchev–Trinajstić information content (AvgIpc) is 3.24. The molecule has 2 aromatic heterocycles. The van der Waals surface area contributed by atoms with Crippen molar-refractivity contribution < 1.29 is 4.74 Å². The molecule has 2 N–H and O–H groups in total. The van der Waals surface area contributed by atoms with Gasteiger partial charge in [0, 0.05) is 55.4 Å². The molecule has 0 radical (unpaired) electrons. The zero-order chi connectivity index (χ0) is 19.6. The molecule has 0 atom stereocenters. The fourth-order valence-corrected chi connectivity index (χ4v) is 4.01. The normalized spacial score (nSPS) is 16.2. The van der Waals surface area contributed by atoms with Gasteiger partial charge in [-0.15, -0.1) is 0 Å². The second-order valence-electron chi connectivity index (χ2n) is 7.29. The molecule has 3 aromatic rings. The van der Waals surface area contributed by atoms with Crippen LogP contribution in [0.2, 0.25) is 0 Å². The monoisotopic (exact) mass is 388 g/mol. The van der Waals surface area contributed by atoms with Gasteiger partial charge in [0.1, 0.15) is 5.82 Å². The van der Waals surface area contributed by atoms with Gasteiger partial charge in [-0.3, -0.25) is 4.98 Å². The highest BCUT2D eigenvalue weighted by Gasteiger charge is 2.29. The maximum atomic E-state index is 5.89. The minimum atomic E-state index is 0.514. The van der Waals surface area contributed by atoms with Crippen molar-refractivity contribution in [1.82, 2.24) is 15.0 Å². The summed E-state index contributed by atoms with van der Waals surface area (Å²) >= 11 is 0. The molecular weight excluding hydrogens is 364 g/mol. The van der Waals surface area contributed by atoms with Crippen LogP contribution in [0.15, 0.2) is 48.8 Å². The fraction of sp³-hybridized carbons (Fsp3) is 0.318. The van der Waals surface area contributed by atoms with E-state index in [-0.39, 0.29) is 0 Å². The zero-order valence-corrected chi connectivity index (χ0v) is 16.3. The summed E-state index contributed by atoms with van der Waals surface area (Å²) in [5, 5.41) is 0. The molecular formula is C22H24N6O. The van der Waals surface area contributed by atoms with Crippen LogP contribution in [0.1, 0.15) is 11.1 Å². The van der Waals surface area contributed by atoms with Gasteiger partial charge in [0.15, 0.2) is 0 Å². The Hall–Kier alpha value is -3.03. The van der Waals surface area contributed by atoms with Crippen molar-refractivity contribution in [2.45, 2.75) is 13.0 Å². The van der Waals surface area contributed by atoms with E-state index in [2.05, 4.69) is 39.0 Å². The number of anilines is 3. The van der Waals surface area contributed by atoms with E-state index in [0.717, 1.165) is 60.3 Å². The van der Waals surface area contributed by atoms with Crippen molar-refractivity contribution in [2.75, 3.05) is 42.6 Å². The van der Waals surface area contributed by atoms with Gasteiger partial charge < -0.3 is 20.3 Å². The van der Waals surface area contributed by atoms with Crippen molar-refractivity contribution in [1.29, 1.82) is 0 Å². The standard InChI is InChI=1S/C22H24N6O/c23-15-16-2-1-3-17(14-16)20-19-6-9-28(18-4-7-24-8-5-18)21(19)26-22(25-20)27-10-12-29-13-11-27/h1-5,7-8,14H,6,9-13,15,23H2. The number of aromatic nitrogens is 3. The number of hydrogen-bond acceptors (Lipinski definition) is 7. The van der Waals surface area contributed by atoms with Crippen molar-refractivity contribution in [3.63, 3.8) is 0 Å². The summed E-state index contributed by atoms with van der Waals surface area (Å²) in [5.74, 6) is 1.75. The molecule has 1 fully saturated rings. The predicted octanol–water partition coefficient (Wildman–Crippen LogP) is 2.53. The molecule has 148 valence electrons. The summed E-state index contributed by atoms with van der Waals surface area (Å²) in [5.41, 5.74) is 11.4. The minimum Gasteiger partial charge on any atom is -0.378 e. The first-order valence-electron chi connectivity index (χ1n) is 10.0. The second kappa shape index (κ2) is 7.77. The summed E-state index contributed by atoms with van der Waals surface area (Å²) in [7, 11) is 0. The van der Waals surface area contributed by atoms with E-state index in [4.69, 9.17) is 20.4 Å². The molecule has 0 amide bonds. The highest BCUT2D eigenvalue weighted by Crippen LogP contribution is 2.39. The van der Waals surface area contributed by atoms with E-state index in [1.807, 2.05) is 24.5 Å². The molecule has 7 nitrogen and oxygen atoms in total. The van der Waals surface area contributed by atoms with Gasteiger partial charge in [-0.25, -0.2) is 4.98 Å². The lowest BCUT2D eigenvalue weighted by atomic mass is 10.0. The van der Waals surface area contributed by atoms with Crippen molar-refractivity contribution in [3.05, 3.63) is 59.9 Å². The van der Waals surface area contributed by atoms with Crippen LogP contribution in [0.5, 0.6) is 0 Å².